The maximum absolute atomic E-state index is 11.5. The highest BCUT2D eigenvalue weighted by Crippen LogP contribution is 2.42. The van der Waals surface area contributed by atoms with E-state index in [1.807, 2.05) is 59.6 Å². The Bertz CT molecular complexity index is 1860. The van der Waals surface area contributed by atoms with Gasteiger partial charge in [0.05, 0.1) is 23.0 Å². The van der Waals surface area contributed by atoms with Crippen LogP contribution in [-0.4, -0.2) is 29.8 Å². The van der Waals surface area contributed by atoms with Crippen LogP contribution in [0.15, 0.2) is 78.8 Å². The Kier molecular flexibility index (Phi) is 7.31. The number of halogens is 1. The Hall–Kier alpha value is -3.37. The van der Waals surface area contributed by atoms with Crippen molar-refractivity contribution in [3.8, 4) is 11.4 Å². The Morgan fingerprint density at radius 1 is 1.07 bits per heavy atom. The monoisotopic (exact) mass is 594 g/mol. The molecule has 3 aromatic carbocycles. The molecule has 0 aliphatic carbocycles. The van der Waals surface area contributed by atoms with Crippen LogP contribution < -0.4 is 14.2 Å². The fourth-order valence-corrected chi connectivity index (χ4v) is 6.88. The summed E-state index contributed by atoms with van der Waals surface area (Å²) in [5.74, 6) is 0.983. The minimum absolute atomic E-state index is 0.244. The van der Waals surface area contributed by atoms with Crippen molar-refractivity contribution >= 4 is 65.9 Å². The van der Waals surface area contributed by atoms with Gasteiger partial charge in [0.15, 0.2) is 12.3 Å². The van der Waals surface area contributed by atoms with Gasteiger partial charge in [-0.25, -0.2) is 0 Å². The van der Waals surface area contributed by atoms with E-state index in [2.05, 4.69) is 40.3 Å². The molecule has 0 spiro atoms. The molecule has 5 aromatic rings. The molecule has 0 fully saturated rings. The molecule has 1 aliphatic heterocycles. The van der Waals surface area contributed by atoms with E-state index in [-0.39, 0.29) is 12.2 Å². The molecule has 0 radical (unpaired) electrons. The van der Waals surface area contributed by atoms with Crippen LogP contribution in [0.2, 0.25) is 5.02 Å². The van der Waals surface area contributed by atoms with Gasteiger partial charge < -0.3 is 14.2 Å². The number of thiazole rings is 1. The molecule has 0 saturated carbocycles. The molecular weight excluding hydrogens is 566 g/mol. The number of ether oxygens (including phenoxy) is 1. The van der Waals surface area contributed by atoms with E-state index in [9.17, 15) is 13.0 Å². The average molecular weight is 595 g/mol. The molecule has 0 amide bonds. The number of rotatable bonds is 9. The Balaban J connectivity index is 1.43. The number of unbranched alkanes of at least 4 members (excludes halogenated alkanes) is 1. The maximum Gasteiger partial charge on any atom is 0.268 e. The number of aromatic nitrogens is 2. The molecule has 10 heteroatoms. The van der Waals surface area contributed by atoms with Gasteiger partial charge in [0.1, 0.15) is 4.70 Å². The van der Waals surface area contributed by atoms with Crippen LogP contribution in [0.3, 0.4) is 0 Å². The van der Waals surface area contributed by atoms with Gasteiger partial charge in [0, 0.05) is 35.9 Å². The molecule has 3 heterocycles. The topological polar surface area (TPSA) is 75.7 Å². The summed E-state index contributed by atoms with van der Waals surface area (Å²) in [6.07, 6.45) is 6.38. The predicted octanol–water partition coefficient (Wildman–Crippen LogP) is 7.06. The Labute approximate surface area is 242 Å². The minimum Gasteiger partial charge on any atom is -0.438 e. The van der Waals surface area contributed by atoms with Gasteiger partial charge in [-0.2, -0.15) is 13.0 Å². The van der Waals surface area contributed by atoms with E-state index in [0.717, 1.165) is 56.9 Å². The van der Waals surface area contributed by atoms with Crippen LogP contribution in [0.1, 0.15) is 31.2 Å². The van der Waals surface area contributed by atoms with Gasteiger partial charge in [-0.1, -0.05) is 54.5 Å². The van der Waals surface area contributed by atoms with Crippen LogP contribution in [0.25, 0.3) is 32.9 Å². The fraction of sp³-hybridized carbons (Fsp3) is 0.233. The lowest BCUT2D eigenvalue weighted by Gasteiger charge is -2.18. The fourth-order valence-electron chi connectivity index (χ4n) is 5.12. The average Bonchev–Trinajstić information content (AvgIpc) is 3.60. The zero-order valence-electron chi connectivity index (χ0n) is 22.0. The molecule has 2 aromatic heterocycles. The van der Waals surface area contributed by atoms with Gasteiger partial charge >= 0.3 is 0 Å². The first-order chi connectivity index (χ1) is 19.3. The number of nitrogens with zero attached hydrogens (tertiary/aromatic N) is 3. The summed E-state index contributed by atoms with van der Waals surface area (Å²) in [6, 6.07) is 22.2. The predicted molar refractivity (Wildman–Crippen MR) is 162 cm³/mol. The SMILES string of the molecule is CCCC[n+]1c(/C=C2\Oc3ccc(-n4ccc5ccccc54)cc3N2CCCS(=O)(=O)O)sc2ccc(Cl)cc21. The third-order valence-corrected chi connectivity index (χ3v) is 9.20. The summed E-state index contributed by atoms with van der Waals surface area (Å²) in [6.45, 7) is 3.37. The molecule has 6 rings (SSSR count). The quantitative estimate of drug-likeness (QED) is 0.146. The first-order valence-electron chi connectivity index (χ1n) is 13.3. The summed E-state index contributed by atoms with van der Waals surface area (Å²) in [5.41, 5.74) is 3.99. The Morgan fingerprint density at radius 2 is 1.93 bits per heavy atom. The standard InChI is InChI=1S/C30H28ClN3O4S2/c1-2-3-14-34-26-18-22(31)9-12-28(26)39-30(34)20-29-33(15-6-17-40(35,36)37)25-19-23(10-11-27(25)38-29)32-16-13-21-7-4-5-8-24(21)32/h4-5,7-13,16,18-20H,2-3,6,14-15,17H2,1H3/p+1. The molecule has 1 N–H and O–H groups in total. The van der Waals surface area contributed by atoms with E-state index in [1.54, 1.807) is 11.3 Å². The largest absolute Gasteiger partial charge is 0.438 e. The van der Waals surface area contributed by atoms with E-state index < -0.39 is 10.1 Å². The normalized spacial score (nSPS) is 14.4. The summed E-state index contributed by atoms with van der Waals surface area (Å²) in [4.78, 5) is 2.00. The van der Waals surface area contributed by atoms with Crippen LogP contribution in [0.4, 0.5) is 5.69 Å². The van der Waals surface area contributed by atoms with Crippen LogP contribution >= 0.6 is 22.9 Å². The third-order valence-electron chi connectivity index (χ3n) is 7.05. The lowest BCUT2D eigenvalue weighted by atomic mass is 10.2. The first kappa shape index (κ1) is 26.8. The molecule has 206 valence electrons. The second kappa shape index (κ2) is 10.9. The zero-order valence-corrected chi connectivity index (χ0v) is 24.3. The summed E-state index contributed by atoms with van der Waals surface area (Å²) in [5, 5.41) is 2.85. The third kappa shape index (κ3) is 5.34. The lowest BCUT2D eigenvalue weighted by molar-refractivity contribution is -0.669. The highest BCUT2D eigenvalue weighted by atomic mass is 35.5. The van der Waals surface area contributed by atoms with Crippen molar-refractivity contribution in [2.24, 2.45) is 0 Å². The van der Waals surface area contributed by atoms with Crippen molar-refractivity contribution in [3.05, 3.63) is 88.8 Å². The second-order valence-electron chi connectivity index (χ2n) is 9.83. The molecular formula is C30H29ClN3O4S2+. The van der Waals surface area contributed by atoms with Crippen LogP contribution in [-0.2, 0) is 16.7 Å². The number of benzene rings is 3. The van der Waals surface area contributed by atoms with E-state index in [1.165, 1.54) is 0 Å². The summed E-state index contributed by atoms with van der Waals surface area (Å²) in [7, 11) is -4.08. The van der Waals surface area contributed by atoms with Crippen molar-refractivity contribution in [2.45, 2.75) is 32.7 Å². The van der Waals surface area contributed by atoms with Crippen molar-refractivity contribution < 1.29 is 22.3 Å². The van der Waals surface area contributed by atoms with Crippen molar-refractivity contribution in [2.75, 3.05) is 17.2 Å². The van der Waals surface area contributed by atoms with Crippen molar-refractivity contribution in [1.29, 1.82) is 0 Å². The summed E-state index contributed by atoms with van der Waals surface area (Å²) < 4.78 is 44.3. The van der Waals surface area contributed by atoms with Gasteiger partial charge in [0.2, 0.25) is 11.4 Å². The van der Waals surface area contributed by atoms with E-state index >= 15 is 0 Å². The van der Waals surface area contributed by atoms with Crippen molar-refractivity contribution in [3.63, 3.8) is 0 Å². The van der Waals surface area contributed by atoms with Gasteiger partial charge in [0.25, 0.3) is 15.1 Å². The van der Waals surface area contributed by atoms with Crippen LogP contribution in [0, 0.1) is 0 Å². The van der Waals surface area contributed by atoms with Crippen molar-refractivity contribution in [1.82, 2.24) is 4.57 Å². The zero-order chi connectivity index (χ0) is 27.9. The molecule has 1 aliphatic rings. The number of fused-ring (bicyclic) bond motifs is 3. The number of anilines is 1. The van der Waals surface area contributed by atoms with Gasteiger partial charge in [-0.05, 0) is 54.3 Å². The minimum atomic E-state index is -4.08. The maximum atomic E-state index is 11.5. The number of para-hydroxylation sites is 1. The molecule has 40 heavy (non-hydrogen) atoms. The van der Waals surface area contributed by atoms with Gasteiger partial charge in [-0.3, -0.25) is 4.55 Å². The van der Waals surface area contributed by atoms with Crippen LogP contribution in [0.5, 0.6) is 5.75 Å². The summed E-state index contributed by atoms with van der Waals surface area (Å²) >= 11 is 8.01. The molecule has 0 atom stereocenters. The van der Waals surface area contributed by atoms with Gasteiger partial charge in [-0.15, -0.1) is 0 Å². The molecule has 0 bridgehead atoms. The highest BCUT2D eigenvalue weighted by Gasteiger charge is 2.30. The first-order valence-corrected chi connectivity index (χ1v) is 16.1. The Morgan fingerprint density at radius 3 is 2.75 bits per heavy atom. The second-order valence-corrected chi connectivity index (χ2v) is 12.9. The van der Waals surface area contributed by atoms with E-state index in [4.69, 9.17) is 16.3 Å². The highest BCUT2D eigenvalue weighted by molar-refractivity contribution is 7.85. The number of aryl methyl sites for hydroxylation is 1. The smallest absolute Gasteiger partial charge is 0.268 e. The molecule has 7 nitrogen and oxygen atoms in total. The number of hydrogen-bond donors (Lipinski definition) is 1. The lowest BCUT2D eigenvalue weighted by Crippen LogP contribution is -2.35. The van der Waals surface area contributed by atoms with E-state index in [0.29, 0.717) is 23.2 Å². The number of hydrogen-bond acceptors (Lipinski definition) is 5. The molecule has 0 unspecified atom stereocenters. The molecule has 0 saturated heterocycles.